The number of hydrogen-bond acceptors (Lipinski definition) is 3. The van der Waals surface area contributed by atoms with Gasteiger partial charge < -0.3 is 4.90 Å². The maximum atomic E-state index is 11.9. The minimum Gasteiger partial charge on any atom is -0.330 e. The van der Waals surface area contributed by atoms with E-state index in [0.29, 0.717) is 6.42 Å². The quantitative estimate of drug-likeness (QED) is 0.662. The number of sulfone groups is 1. The predicted molar refractivity (Wildman–Crippen MR) is 120 cm³/mol. The molecule has 1 aliphatic rings. The molecule has 4 rings (SSSR count). The molecule has 2 heterocycles. The third kappa shape index (κ3) is 4.50. The van der Waals surface area contributed by atoms with Crippen molar-refractivity contribution in [2.24, 2.45) is 0 Å². The van der Waals surface area contributed by atoms with Gasteiger partial charge in [0.1, 0.15) is 13.1 Å². The number of hydrogen-bond donors (Lipinski definition) is 1. The van der Waals surface area contributed by atoms with Crippen molar-refractivity contribution in [1.82, 2.24) is 9.78 Å². The second kappa shape index (κ2) is 8.36. The molecule has 0 aliphatic carbocycles. The van der Waals surface area contributed by atoms with Crippen LogP contribution in [0.5, 0.6) is 0 Å². The van der Waals surface area contributed by atoms with Gasteiger partial charge >= 0.3 is 0 Å². The third-order valence-corrected chi connectivity index (χ3v) is 7.82. The van der Waals surface area contributed by atoms with Gasteiger partial charge in [0.25, 0.3) is 0 Å². The number of aryl methyl sites for hydroxylation is 1. The molecular weight excluding hydrogens is 394 g/mol. The van der Waals surface area contributed by atoms with Crippen LogP contribution in [0.1, 0.15) is 35.0 Å². The Kier molecular flexibility index (Phi) is 5.80. The van der Waals surface area contributed by atoms with E-state index in [1.165, 1.54) is 27.2 Å². The topological polar surface area (TPSA) is 56.4 Å². The zero-order chi connectivity index (χ0) is 21.3. The van der Waals surface area contributed by atoms with Gasteiger partial charge in [0.2, 0.25) is 0 Å². The average Bonchev–Trinajstić information content (AvgIpc) is 3.22. The van der Waals surface area contributed by atoms with Crippen LogP contribution in [0.2, 0.25) is 0 Å². The second-order valence-corrected chi connectivity index (χ2v) is 10.8. The molecule has 3 aromatic rings. The molecule has 1 saturated heterocycles. The molecule has 5 nitrogen and oxygen atoms in total. The Morgan fingerprint density at radius 3 is 2.30 bits per heavy atom. The summed E-state index contributed by atoms with van der Waals surface area (Å²) < 4.78 is 25.7. The minimum atomic E-state index is -2.92. The molecule has 1 fully saturated rings. The Hall–Kier alpha value is -2.44. The van der Waals surface area contributed by atoms with E-state index in [1.54, 1.807) is 0 Å². The molecule has 30 heavy (non-hydrogen) atoms. The highest BCUT2D eigenvalue weighted by Crippen LogP contribution is 2.26. The highest BCUT2D eigenvalue weighted by atomic mass is 32.2. The normalized spacial score (nSPS) is 19.1. The summed E-state index contributed by atoms with van der Waals surface area (Å²) in [5.74, 6) is 0.486. The van der Waals surface area contributed by atoms with E-state index in [-0.39, 0.29) is 17.5 Å². The van der Waals surface area contributed by atoms with E-state index < -0.39 is 9.84 Å². The van der Waals surface area contributed by atoms with Crippen LogP contribution in [0.4, 0.5) is 0 Å². The predicted octanol–water partition coefficient (Wildman–Crippen LogP) is 2.74. The Morgan fingerprint density at radius 1 is 1.00 bits per heavy atom. The van der Waals surface area contributed by atoms with Crippen molar-refractivity contribution in [2.45, 2.75) is 39.4 Å². The monoisotopic (exact) mass is 424 g/mol. The molecule has 2 aromatic carbocycles. The van der Waals surface area contributed by atoms with Gasteiger partial charge in [-0.2, -0.15) is 5.10 Å². The van der Waals surface area contributed by atoms with E-state index in [1.807, 2.05) is 17.7 Å². The lowest BCUT2D eigenvalue weighted by atomic mass is 10.0. The zero-order valence-corrected chi connectivity index (χ0v) is 18.7. The summed E-state index contributed by atoms with van der Waals surface area (Å²) in [5, 5.41) is 4.70. The van der Waals surface area contributed by atoms with Crippen molar-refractivity contribution in [3.63, 3.8) is 0 Å². The second-order valence-electron chi connectivity index (χ2n) is 8.52. The van der Waals surface area contributed by atoms with E-state index in [0.717, 1.165) is 24.5 Å². The van der Waals surface area contributed by atoms with Crippen molar-refractivity contribution < 1.29 is 13.3 Å². The van der Waals surface area contributed by atoms with Crippen molar-refractivity contribution in [3.8, 4) is 11.1 Å². The fraction of sp³-hybridized carbons (Fsp3) is 0.375. The highest BCUT2D eigenvalue weighted by Gasteiger charge is 2.31. The molecule has 1 unspecified atom stereocenters. The van der Waals surface area contributed by atoms with Gasteiger partial charge in [-0.15, -0.1) is 0 Å². The molecule has 0 radical (unpaired) electrons. The van der Waals surface area contributed by atoms with Crippen molar-refractivity contribution >= 4 is 9.84 Å². The molecule has 2 atom stereocenters. The summed E-state index contributed by atoms with van der Waals surface area (Å²) in [6, 6.07) is 19.2. The van der Waals surface area contributed by atoms with Crippen LogP contribution < -0.4 is 4.90 Å². The first-order valence-corrected chi connectivity index (χ1v) is 12.4. The standard InChI is InChI=1S/C24H29N3O2S/c1-18-24(19(2)27(25-18)23-13-14-30(28,29)17-23)16-26(3)15-20-9-11-22(12-10-20)21-7-5-4-6-8-21/h4-12,23H,13-17H2,1-3H3/p+1/t23-/m1/s1. The fourth-order valence-corrected chi connectivity index (χ4v) is 6.13. The molecular formula is C24H30N3O2S+. The van der Waals surface area contributed by atoms with Crippen molar-refractivity contribution in [2.75, 3.05) is 18.6 Å². The van der Waals surface area contributed by atoms with Gasteiger partial charge in [-0.3, -0.25) is 4.68 Å². The Morgan fingerprint density at radius 2 is 1.67 bits per heavy atom. The summed E-state index contributed by atoms with van der Waals surface area (Å²) in [5.41, 5.74) is 7.12. The van der Waals surface area contributed by atoms with Gasteiger partial charge in [-0.1, -0.05) is 54.6 Å². The lowest BCUT2D eigenvalue weighted by Crippen LogP contribution is -3.06. The van der Waals surface area contributed by atoms with Crippen LogP contribution in [-0.2, 0) is 22.9 Å². The molecule has 6 heteroatoms. The van der Waals surface area contributed by atoms with Crippen LogP contribution in [0, 0.1) is 13.8 Å². The maximum Gasteiger partial charge on any atom is 0.152 e. The number of quaternary nitrogens is 1. The Labute approximate surface area is 179 Å². The maximum absolute atomic E-state index is 11.9. The number of nitrogens with zero attached hydrogens (tertiary/aromatic N) is 2. The van der Waals surface area contributed by atoms with Gasteiger partial charge in [-0.25, -0.2) is 8.42 Å². The molecule has 1 aliphatic heterocycles. The lowest BCUT2D eigenvalue weighted by Gasteiger charge is -2.16. The Balaban J connectivity index is 1.44. The molecule has 0 amide bonds. The van der Waals surface area contributed by atoms with Crippen LogP contribution in [-0.4, -0.2) is 36.8 Å². The molecule has 0 saturated carbocycles. The van der Waals surface area contributed by atoms with Crippen molar-refractivity contribution in [3.05, 3.63) is 77.1 Å². The first-order chi connectivity index (χ1) is 14.3. The van der Waals surface area contributed by atoms with Crippen LogP contribution in [0.15, 0.2) is 54.6 Å². The highest BCUT2D eigenvalue weighted by molar-refractivity contribution is 7.91. The van der Waals surface area contributed by atoms with Gasteiger partial charge in [0.15, 0.2) is 9.84 Å². The van der Waals surface area contributed by atoms with E-state index >= 15 is 0 Å². The number of benzene rings is 2. The van der Waals surface area contributed by atoms with E-state index in [2.05, 4.69) is 62.5 Å². The van der Waals surface area contributed by atoms with Gasteiger partial charge in [0.05, 0.1) is 35.9 Å². The smallest absolute Gasteiger partial charge is 0.152 e. The third-order valence-electron chi connectivity index (χ3n) is 6.07. The zero-order valence-electron chi connectivity index (χ0n) is 17.9. The summed E-state index contributed by atoms with van der Waals surface area (Å²) in [4.78, 5) is 1.38. The van der Waals surface area contributed by atoms with E-state index in [9.17, 15) is 8.42 Å². The molecule has 0 spiro atoms. The molecule has 1 N–H and O–H groups in total. The largest absolute Gasteiger partial charge is 0.330 e. The minimum absolute atomic E-state index is 0.0201. The van der Waals surface area contributed by atoms with Crippen molar-refractivity contribution in [1.29, 1.82) is 0 Å². The van der Waals surface area contributed by atoms with Gasteiger partial charge in [-0.05, 0) is 31.4 Å². The first kappa shape index (κ1) is 20.8. The summed E-state index contributed by atoms with van der Waals surface area (Å²) in [6.45, 7) is 5.90. The number of nitrogens with one attached hydrogen (secondary N) is 1. The number of rotatable bonds is 6. The Bertz CT molecular complexity index is 1120. The van der Waals surface area contributed by atoms with Crippen LogP contribution in [0.3, 0.4) is 0 Å². The number of aromatic nitrogens is 2. The summed E-state index contributed by atoms with van der Waals surface area (Å²) in [7, 11) is -0.722. The van der Waals surface area contributed by atoms with Crippen LogP contribution >= 0.6 is 0 Å². The molecule has 158 valence electrons. The SMILES string of the molecule is Cc1nn([C@@H]2CCS(=O)(=O)C2)c(C)c1C[NH+](C)Cc1ccc(-c2ccccc2)cc1. The summed E-state index contributed by atoms with van der Waals surface area (Å²) in [6.07, 6.45) is 0.667. The molecule has 1 aromatic heterocycles. The fourth-order valence-electron chi connectivity index (χ4n) is 4.44. The average molecular weight is 425 g/mol. The first-order valence-electron chi connectivity index (χ1n) is 10.5. The van der Waals surface area contributed by atoms with Crippen LogP contribution in [0.25, 0.3) is 11.1 Å². The summed E-state index contributed by atoms with van der Waals surface area (Å²) >= 11 is 0. The lowest BCUT2D eigenvalue weighted by molar-refractivity contribution is -0.907. The molecule has 0 bridgehead atoms. The van der Waals surface area contributed by atoms with Gasteiger partial charge in [0, 0.05) is 11.3 Å². The van der Waals surface area contributed by atoms with E-state index in [4.69, 9.17) is 5.10 Å².